The maximum Gasteiger partial charge on any atom is 0.348 e. The fourth-order valence-electron chi connectivity index (χ4n) is 3.28. The lowest BCUT2D eigenvalue weighted by Gasteiger charge is -2.15. The zero-order chi connectivity index (χ0) is 22.7. The Balaban J connectivity index is 2.04. The summed E-state index contributed by atoms with van der Waals surface area (Å²) < 4.78 is 26.3. The van der Waals surface area contributed by atoms with Gasteiger partial charge in [-0.3, -0.25) is 0 Å². The van der Waals surface area contributed by atoms with E-state index in [2.05, 4.69) is 5.32 Å². The summed E-state index contributed by atoms with van der Waals surface area (Å²) >= 11 is 1.03. The molecule has 0 spiro atoms. The molecule has 2 aromatic rings. The Hall–Kier alpha value is -3.27. The fraction of sp³-hybridized carbons (Fsp3) is 0.381. The van der Waals surface area contributed by atoms with Crippen molar-refractivity contribution >= 4 is 34.2 Å². The average Bonchev–Trinajstić information content (AvgIpc) is 3.24. The first-order valence-corrected chi connectivity index (χ1v) is 10.4. The van der Waals surface area contributed by atoms with E-state index >= 15 is 0 Å². The molecule has 0 aliphatic carbocycles. The molecule has 1 aliphatic rings. The van der Waals surface area contributed by atoms with Crippen molar-refractivity contribution in [3.63, 3.8) is 0 Å². The second kappa shape index (κ2) is 9.25. The number of nitrogens with one attached hydrogen (secondary N) is 1. The predicted molar refractivity (Wildman–Crippen MR) is 112 cm³/mol. The molecule has 0 bridgehead atoms. The fourth-order valence-corrected chi connectivity index (χ4v) is 4.39. The number of carbonyl (C=O) groups excluding carboxylic acids is 3. The van der Waals surface area contributed by atoms with Gasteiger partial charge >= 0.3 is 17.9 Å². The monoisotopic (exact) mass is 449 g/mol. The zero-order valence-electron chi connectivity index (χ0n) is 17.8. The number of rotatable bonds is 8. The van der Waals surface area contributed by atoms with Crippen LogP contribution in [0.3, 0.4) is 0 Å². The third-order valence-electron chi connectivity index (χ3n) is 4.64. The largest absolute Gasteiger partial charge is 0.493 e. The van der Waals surface area contributed by atoms with E-state index in [9.17, 15) is 14.4 Å². The minimum Gasteiger partial charge on any atom is -0.493 e. The topological polar surface area (TPSA) is 109 Å². The van der Waals surface area contributed by atoms with Crippen molar-refractivity contribution in [1.29, 1.82) is 0 Å². The molecule has 0 radical (unpaired) electrons. The van der Waals surface area contributed by atoms with Crippen LogP contribution in [0.5, 0.6) is 11.5 Å². The van der Waals surface area contributed by atoms with Gasteiger partial charge in [0.05, 0.1) is 33.0 Å². The number of methoxy groups -OCH3 is 2. The number of cyclic esters (lactones) is 1. The molecule has 1 N–H and O–H groups in total. The summed E-state index contributed by atoms with van der Waals surface area (Å²) in [6.45, 7) is 5.39. The number of fused-ring (bicyclic) bond motifs is 1. The highest BCUT2D eigenvalue weighted by Gasteiger charge is 2.37. The summed E-state index contributed by atoms with van der Waals surface area (Å²) in [5.41, 5.74) is 1.37. The second-order valence-electron chi connectivity index (χ2n) is 6.40. The van der Waals surface area contributed by atoms with Crippen LogP contribution in [0.2, 0.25) is 0 Å². The van der Waals surface area contributed by atoms with Crippen LogP contribution in [0, 0.1) is 6.92 Å². The van der Waals surface area contributed by atoms with E-state index in [1.165, 1.54) is 14.2 Å². The number of esters is 3. The van der Waals surface area contributed by atoms with E-state index in [0.29, 0.717) is 21.9 Å². The summed E-state index contributed by atoms with van der Waals surface area (Å²) in [4.78, 5) is 37.8. The second-order valence-corrected chi connectivity index (χ2v) is 7.42. The Labute approximate surface area is 183 Å². The van der Waals surface area contributed by atoms with E-state index in [1.807, 2.05) is 0 Å². The molecule has 2 heterocycles. The number of anilines is 1. The summed E-state index contributed by atoms with van der Waals surface area (Å²) in [7, 11) is 2.90. The van der Waals surface area contributed by atoms with Gasteiger partial charge in [-0.2, -0.15) is 0 Å². The van der Waals surface area contributed by atoms with Crippen molar-refractivity contribution in [2.45, 2.75) is 27.0 Å². The Morgan fingerprint density at radius 1 is 1.10 bits per heavy atom. The summed E-state index contributed by atoms with van der Waals surface area (Å²) in [5, 5.41) is 3.39. The molecule has 1 aromatic carbocycles. The molecular weight excluding hydrogens is 426 g/mol. The third kappa shape index (κ3) is 4.02. The number of benzene rings is 1. The van der Waals surface area contributed by atoms with Crippen molar-refractivity contribution < 1.29 is 38.1 Å². The first-order valence-electron chi connectivity index (χ1n) is 9.57. The van der Waals surface area contributed by atoms with Crippen LogP contribution in [-0.4, -0.2) is 45.3 Å². The number of carbonyl (C=O) groups is 3. The standard InChI is InChI=1S/C21H23NO8S/c1-6-28-19(23)13-10(3)16(21(25)29-7-2)31-18(13)22-17-11-8-9-12(26-4)15(27-5)14(11)20(24)30-17/h8-9,17,22H,6-7H2,1-5H3/t17-/m1/s1. The minimum absolute atomic E-state index is 0.167. The van der Waals surface area contributed by atoms with Crippen molar-refractivity contribution in [1.82, 2.24) is 0 Å². The lowest BCUT2D eigenvalue weighted by molar-refractivity contribution is 0.0434. The van der Waals surface area contributed by atoms with E-state index in [1.54, 1.807) is 32.9 Å². The lowest BCUT2D eigenvalue weighted by Crippen LogP contribution is -2.13. The first kappa shape index (κ1) is 22.4. The summed E-state index contributed by atoms with van der Waals surface area (Å²) in [5.74, 6) is -1.08. The van der Waals surface area contributed by atoms with Crippen LogP contribution < -0.4 is 14.8 Å². The minimum atomic E-state index is -0.899. The maximum absolute atomic E-state index is 12.6. The molecule has 1 aromatic heterocycles. The lowest BCUT2D eigenvalue weighted by atomic mass is 10.1. The molecule has 9 nitrogen and oxygen atoms in total. The molecule has 0 fully saturated rings. The van der Waals surface area contributed by atoms with Crippen LogP contribution in [0.25, 0.3) is 0 Å². The van der Waals surface area contributed by atoms with Gasteiger partial charge in [0.25, 0.3) is 0 Å². The van der Waals surface area contributed by atoms with Crippen LogP contribution >= 0.6 is 11.3 Å². The summed E-state index contributed by atoms with van der Waals surface area (Å²) in [6.07, 6.45) is -0.899. The van der Waals surface area contributed by atoms with Crippen molar-refractivity contribution in [2.75, 3.05) is 32.8 Å². The van der Waals surface area contributed by atoms with Crippen molar-refractivity contribution in [2.24, 2.45) is 0 Å². The highest BCUT2D eigenvalue weighted by molar-refractivity contribution is 7.18. The molecular formula is C21H23NO8S. The molecule has 0 saturated heterocycles. The Bertz CT molecular complexity index is 1030. The molecule has 0 saturated carbocycles. The van der Waals surface area contributed by atoms with E-state index in [0.717, 1.165) is 11.3 Å². The quantitative estimate of drug-likeness (QED) is 0.476. The summed E-state index contributed by atoms with van der Waals surface area (Å²) in [6, 6.07) is 3.33. The van der Waals surface area contributed by atoms with Crippen molar-refractivity contribution in [3.8, 4) is 11.5 Å². The molecule has 3 rings (SSSR count). The first-order chi connectivity index (χ1) is 14.9. The Morgan fingerprint density at radius 2 is 1.77 bits per heavy atom. The molecule has 0 amide bonds. The highest BCUT2D eigenvalue weighted by Crippen LogP contribution is 2.44. The van der Waals surface area contributed by atoms with Gasteiger partial charge in [0.15, 0.2) is 11.5 Å². The van der Waals surface area contributed by atoms with Crippen molar-refractivity contribution in [3.05, 3.63) is 39.3 Å². The molecule has 1 aliphatic heterocycles. The number of thiophene rings is 1. The van der Waals surface area contributed by atoms with Crippen LogP contribution in [0.1, 0.15) is 61.6 Å². The molecule has 166 valence electrons. The molecule has 10 heteroatoms. The third-order valence-corrected chi connectivity index (χ3v) is 5.84. The van der Waals surface area contributed by atoms with Crippen LogP contribution in [-0.2, 0) is 14.2 Å². The zero-order valence-corrected chi connectivity index (χ0v) is 18.6. The van der Waals surface area contributed by atoms with Crippen LogP contribution in [0.15, 0.2) is 12.1 Å². The number of hydrogen-bond acceptors (Lipinski definition) is 10. The maximum atomic E-state index is 12.6. The molecule has 31 heavy (non-hydrogen) atoms. The van der Waals surface area contributed by atoms with E-state index in [-0.39, 0.29) is 35.0 Å². The number of hydrogen-bond donors (Lipinski definition) is 1. The van der Waals surface area contributed by atoms with Gasteiger partial charge < -0.3 is 29.0 Å². The molecule has 1 atom stereocenters. The highest BCUT2D eigenvalue weighted by atomic mass is 32.1. The van der Waals surface area contributed by atoms with Gasteiger partial charge in [-0.25, -0.2) is 14.4 Å². The van der Waals surface area contributed by atoms with Gasteiger partial charge in [0, 0.05) is 5.56 Å². The van der Waals surface area contributed by atoms with E-state index < -0.39 is 24.1 Å². The number of ether oxygens (including phenoxy) is 5. The van der Waals surface area contributed by atoms with Gasteiger partial charge in [-0.1, -0.05) is 0 Å². The van der Waals surface area contributed by atoms with Gasteiger partial charge in [-0.15, -0.1) is 11.3 Å². The normalized spacial score (nSPS) is 14.5. The van der Waals surface area contributed by atoms with Gasteiger partial charge in [0.1, 0.15) is 15.4 Å². The SMILES string of the molecule is CCOC(=O)c1sc(N[C@@H]2OC(=O)c3c2ccc(OC)c3OC)c(C(=O)OCC)c1C. The smallest absolute Gasteiger partial charge is 0.348 e. The van der Waals surface area contributed by atoms with Crippen LogP contribution in [0.4, 0.5) is 5.00 Å². The Morgan fingerprint density at radius 3 is 2.39 bits per heavy atom. The van der Waals surface area contributed by atoms with Gasteiger partial charge in [0.2, 0.25) is 6.23 Å². The Kier molecular flexibility index (Phi) is 6.69. The average molecular weight is 449 g/mol. The van der Waals surface area contributed by atoms with E-state index in [4.69, 9.17) is 23.7 Å². The predicted octanol–water partition coefficient (Wildman–Crippen LogP) is 3.71. The molecule has 0 unspecified atom stereocenters. The van der Waals surface area contributed by atoms with Gasteiger partial charge in [-0.05, 0) is 38.5 Å².